The lowest BCUT2D eigenvalue weighted by Crippen LogP contribution is -2.06. The molecule has 0 bridgehead atoms. The van der Waals surface area contributed by atoms with Gasteiger partial charge in [0.1, 0.15) is 0 Å². The maximum atomic E-state index is 5.32. The number of fused-ring (bicyclic) bond motifs is 15. The van der Waals surface area contributed by atoms with Crippen LogP contribution in [0.3, 0.4) is 0 Å². The Morgan fingerprint density at radius 3 is 0.897 bits per heavy atom. The Morgan fingerprint density at radius 2 is 0.615 bits per heavy atom. The minimum Gasteiger partial charge on any atom is -0.247 e. The van der Waals surface area contributed by atoms with Crippen molar-refractivity contribution in [2.24, 2.45) is 0 Å². The van der Waals surface area contributed by atoms with Gasteiger partial charge < -0.3 is 0 Å². The zero-order valence-electron chi connectivity index (χ0n) is 22.1. The van der Waals surface area contributed by atoms with E-state index in [2.05, 4.69) is 49.6 Å². The molecule has 3 aromatic carbocycles. The third-order valence-corrected chi connectivity index (χ3v) is 9.90. The van der Waals surface area contributed by atoms with Gasteiger partial charge >= 0.3 is 0 Å². The van der Waals surface area contributed by atoms with Crippen LogP contribution in [0.2, 0.25) is 0 Å². The molecule has 0 saturated carbocycles. The summed E-state index contributed by atoms with van der Waals surface area (Å²) in [5.74, 6) is 2.77. The van der Waals surface area contributed by atoms with Gasteiger partial charge in [-0.05, 0) is 147 Å². The highest BCUT2D eigenvalue weighted by atomic mass is 15.3. The highest BCUT2D eigenvalue weighted by Crippen LogP contribution is 2.34. The summed E-state index contributed by atoms with van der Waals surface area (Å²) in [4.78, 5) is 15.9. The second-order valence-electron chi connectivity index (χ2n) is 12.2. The van der Waals surface area contributed by atoms with Crippen LogP contribution in [0.1, 0.15) is 71.9 Å². The molecule has 0 N–H and O–H groups in total. The van der Waals surface area contributed by atoms with Gasteiger partial charge in [0.2, 0.25) is 17.3 Å². The Labute approximate surface area is 225 Å². The molecule has 0 amide bonds. The zero-order valence-corrected chi connectivity index (χ0v) is 22.1. The van der Waals surface area contributed by atoms with E-state index in [0.29, 0.717) is 0 Å². The van der Waals surface area contributed by atoms with E-state index in [4.69, 9.17) is 15.0 Å². The minimum absolute atomic E-state index is 0.924. The Morgan fingerprint density at radius 1 is 0.359 bits per heavy atom. The average Bonchev–Trinajstić information content (AvgIpc) is 3.63. The maximum Gasteiger partial charge on any atom is 0.225 e. The Bertz CT molecular complexity index is 1910. The van der Waals surface area contributed by atoms with Crippen LogP contribution in [0.15, 0.2) is 36.4 Å². The molecule has 3 aliphatic rings. The molecule has 4 heterocycles. The summed E-state index contributed by atoms with van der Waals surface area (Å²) in [5.41, 5.74) is 15.5. The highest BCUT2D eigenvalue weighted by Gasteiger charge is 2.24. The van der Waals surface area contributed by atoms with E-state index in [9.17, 15) is 0 Å². The molecule has 0 radical (unpaired) electrons. The molecule has 39 heavy (non-hydrogen) atoms. The predicted octanol–water partition coefficient (Wildman–Crippen LogP) is 6.73. The third-order valence-electron chi connectivity index (χ3n) is 9.90. The van der Waals surface area contributed by atoms with Crippen LogP contribution in [-0.4, -0.2) is 28.2 Å². The highest BCUT2D eigenvalue weighted by molar-refractivity contribution is 5.92. The van der Waals surface area contributed by atoms with E-state index < -0.39 is 0 Å². The molecule has 0 atom stereocenters. The Balaban J connectivity index is 1.44. The first-order chi connectivity index (χ1) is 19.3. The SMILES string of the molecule is c1c2c(cc3c1nc1n3c3nc4cc5c(cc4n3c3nc4cc6c(cc4n13)CCCC6)CCCC5)CCCC2. The molecule has 7 aromatic rings. The van der Waals surface area contributed by atoms with Gasteiger partial charge in [-0.25, -0.2) is 28.2 Å². The molecule has 0 aliphatic heterocycles. The van der Waals surface area contributed by atoms with E-state index in [1.54, 1.807) is 0 Å². The van der Waals surface area contributed by atoms with Gasteiger partial charge in [0.05, 0.1) is 33.1 Å². The predicted molar refractivity (Wildman–Crippen MR) is 155 cm³/mol. The maximum absolute atomic E-state index is 5.32. The van der Waals surface area contributed by atoms with Crippen LogP contribution >= 0.6 is 0 Å². The summed E-state index contributed by atoms with van der Waals surface area (Å²) in [6.07, 6.45) is 14.5. The van der Waals surface area contributed by atoms with Crippen molar-refractivity contribution in [1.29, 1.82) is 0 Å². The molecule has 4 aromatic heterocycles. The van der Waals surface area contributed by atoms with Crippen molar-refractivity contribution in [1.82, 2.24) is 28.2 Å². The zero-order chi connectivity index (χ0) is 25.2. The third kappa shape index (κ3) is 2.74. The molecule has 3 aliphatic carbocycles. The monoisotopic (exact) mass is 510 g/mol. The molecular weight excluding hydrogens is 480 g/mol. The first-order valence-corrected chi connectivity index (χ1v) is 14.9. The summed E-state index contributed by atoms with van der Waals surface area (Å²) in [7, 11) is 0. The molecule has 0 saturated heterocycles. The first-order valence-electron chi connectivity index (χ1n) is 14.9. The van der Waals surface area contributed by atoms with Crippen LogP contribution in [0.25, 0.3) is 50.4 Å². The van der Waals surface area contributed by atoms with Gasteiger partial charge in [0, 0.05) is 0 Å². The summed E-state index contributed by atoms with van der Waals surface area (Å²) in [5, 5.41) is 0. The van der Waals surface area contributed by atoms with Crippen LogP contribution < -0.4 is 0 Å². The van der Waals surface area contributed by atoms with Crippen molar-refractivity contribution < 1.29 is 0 Å². The summed E-state index contributed by atoms with van der Waals surface area (Å²) in [6, 6.07) is 14.3. The van der Waals surface area contributed by atoms with Crippen molar-refractivity contribution in [2.45, 2.75) is 77.0 Å². The molecule has 0 spiro atoms. The molecule has 10 rings (SSSR count). The molecule has 6 nitrogen and oxygen atoms in total. The minimum atomic E-state index is 0.924. The topological polar surface area (TPSA) is 51.9 Å². The van der Waals surface area contributed by atoms with Gasteiger partial charge in [-0.3, -0.25) is 0 Å². The fourth-order valence-corrected chi connectivity index (χ4v) is 7.92. The fourth-order valence-electron chi connectivity index (χ4n) is 7.92. The lowest BCUT2D eigenvalue weighted by molar-refractivity contribution is 0.687. The van der Waals surface area contributed by atoms with Gasteiger partial charge in [-0.1, -0.05) is 0 Å². The largest absolute Gasteiger partial charge is 0.247 e. The lowest BCUT2D eigenvalue weighted by Gasteiger charge is -2.15. The van der Waals surface area contributed by atoms with Crippen molar-refractivity contribution in [3.63, 3.8) is 0 Å². The smallest absolute Gasteiger partial charge is 0.225 e. The Hall–Kier alpha value is -3.93. The normalized spacial score (nSPS) is 17.5. The standard InChI is InChI=1S/C33H30N6/c1-4-10-22-16-28-25(13-19(22)7-1)34-31-37(28)32-35-27-15-21-9-3-6-12-24(21)18-30(27)39(32)33-36-26-14-20-8-2-5-11-23(20)17-29(26)38(31)33/h13-18H,1-12H2. The number of rotatable bonds is 0. The van der Waals surface area contributed by atoms with E-state index in [0.717, 1.165) is 89.0 Å². The Kier molecular flexibility index (Phi) is 3.96. The molecule has 192 valence electrons. The molecule has 6 heteroatoms. The quantitative estimate of drug-likeness (QED) is 0.227. The van der Waals surface area contributed by atoms with Crippen molar-refractivity contribution >= 4 is 50.4 Å². The number of hydrogen-bond donors (Lipinski definition) is 0. The van der Waals surface area contributed by atoms with E-state index in [1.807, 2.05) is 0 Å². The van der Waals surface area contributed by atoms with Gasteiger partial charge in [-0.15, -0.1) is 0 Å². The van der Waals surface area contributed by atoms with Crippen LogP contribution in [0, 0.1) is 0 Å². The number of imidazole rings is 3. The van der Waals surface area contributed by atoms with Crippen molar-refractivity contribution in [2.75, 3.05) is 0 Å². The summed E-state index contributed by atoms with van der Waals surface area (Å²) < 4.78 is 6.95. The molecule has 0 unspecified atom stereocenters. The second kappa shape index (κ2) is 7.38. The number of hydrogen-bond acceptors (Lipinski definition) is 3. The van der Waals surface area contributed by atoms with Crippen LogP contribution in [0.4, 0.5) is 0 Å². The second-order valence-corrected chi connectivity index (χ2v) is 12.2. The number of benzene rings is 3. The number of aryl methyl sites for hydroxylation is 6. The number of aromatic nitrogens is 6. The van der Waals surface area contributed by atoms with Gasteiger partial charge in [-0.2, -0.15) is 0 Å². The van der Waals surface area contributed by atoms with Crippen LogP contribution in [0.5, 0.6) is 0 Å². The van der Waals surface area contributed by atoms with E-state index >= 15 is 0 Å². The summed E-state index contributed by atoms with van der Waals surface area (Å²) in [6.45, 7) is 0. The molecular formula is C33H30N6. The first kappa shape index (κ1) is 21.0. The fraction of sp³-hybridized carbons (Fsp3) is 0.364. The van der Waals surface area contributed by atoms with Gasteiger partial charge in [0.25, 0.3) is 0 Å². The summed E-state index contributed by atoms with van der Waals surface area (Å²) >= 11 is 0. The van der Waals surface area contributed by atoms with E-state index in [1.165, 1.54) is 71.9 Å². The van der Waals surface area contributed by atoms with Crippen LogP contribution in [-0.2, 0) is 38.5 Å². The molecule has 0 fully saturated rings. The lowest BCUT2D eigenvalue weighted by atomic mass is 9.91. The van der Waals surface area contributed by atoms with Crippen molar-refractivity contribution in [3.8, 4) is 0 Å². The van der Waals surface area contributed by atoms with E-state index in [-0.39, 0.29) is 0 Å². The average molecular weight is 511 g/mol. The van der Waals surface area contributed by atoms with Crippen molar-refractivity contribution in [3.05, 3.63) is 69.8 Å². The van der Waals surface area contributed by atoms with Gasteiger partial charge in [0.15, 0.2) is 0 Å². The number of nitrogens with zero attached hydrogens (tertiary/aromatic N) is 6.